The summed E-state index contributed by atoms with van der Waals surface area (Å²) in [5.41, 5.74) is 1.78. The van der Waals surface area contributed by atoms with Gasteiger partial charge in [-0.15, -0.1) is 0 Å². The van der Waals surface area contributed by atoms with Crippen LogP contribution in [0.2, 0.25) is 0 Å². The van der Waals surface area contributed by atoms with E-state index in [1.807, 2.05) is 23.1 Å². The molecule has 37 heavy (non-hydrogen) atoms. The Labute approximate surface area is 213 Å². The number of nitrogens with zero attached hydrogens (tertiary/aromatic N) is 6. The number of piperazine rings is 1. The summed E-state index contributed by atoms with van der Waals surface area (Å²) in [5.74, 6) is 0.299. The number of amides is 2. The summed E-state index contributed by atoms with van der Waals surface area (Å²) in [7, 11) is 0. The normalized spacial score (nSPS) is 13.3. The maximum Gasteiger partial charge on any atom is 0.276 e. The fourth-order valence-electron chi connectivity index (χ4n) is 4.08. The van der Waals surface area contributed by atoms with Crippen LogP contribution in [0.4, 0.5) is 11.6 Å². The highest BCUT2D eigenvalue weighted by Gasteiger charge is 2.22. The van der Waals surface area contributed by atoms with Gasteiger partial charge in [-0.25, -0.2) is 9.97 Å². The maximum atomic E-state index is 12.8. The first kappa shape index (κ1) is 23.9. The average molecular weight is 496 g/mol. The van der Waals surface area contributed by atoms with Gasteiger partial charge < -0.3 is 15.1 Å². The molecule has 0 radical (unpaired) electrons. The molecule has 0 atom stereocenters. The Bertz CT molecular complexity index is 1430. The summed E-state index contributed by atoms with van der Waals surface area (Å²) >= 11 is 0. The molecule has 0 aliphatic carbocycles. The van der Waals surface area contributed by atoms with Crippen LogP contribution < -0.4 is 15.8 Å². The maximum absolute atomic E-state index is 12.8. The molecule has 2 amide bonds. The predicted molar refractivity (Wildman–Crippen MR) is 139 cm³/mol. The van der Waals surface area contributed by atoms with Crippen LogP contribution in [-0.4, -0.2) is 62.6 Å². The van der Waals surface area contributed by atoms with Gasteiger partial charge in [0.15, 0.2) is 0 Å². The standard InChI is InChI=1S/C27H25N7O3/c35-24-12-11-23(31-34(24)22-5-2-1-3-6-22)26(37)30-21-9-7-20(8-10-21)19-25(36)32-15-17-33(18-16-32)27-28-13-4-14-29-27/h1-14H,15-19H2,(H,30,37). The van der Waals surface area contributed by atoms with E-state index >= 15 is 0 Å². The van der Waals surface area contributed by atoms with Gasteiger partial charge in [0.05, 0.1) is 12.1 Å². The van der Waals surface area contributed by atoms with Crippen LogP contribution in [0.1, 0.15) is 16.1 Å². The average Bonchev–Trinajstić information content (AvgIpc) is 2.95. The van der Waals surface area contributed by atoms with Crippen LogP contribution in [0, 0.1) is 0 Å². The number of benzene rings is 2. The second kappa shape index (κ2) is 10.8. The Morgan fingerprint density at radius 3 is 2.22 bits per heavy atom. The molecule has 10 nitrogen and oxygen atoms in total. The van der Waals surface area contributed by atoms with E-state index < -0.39 is 5.91 Å². The van der Waals surface area contributed by atoms with Crippen molar-refractivity contribution in [2.24, 2.45) is 0 Å². The van der Waals surface area contributed by atoms with Gasteiger partial charge in [-0.3, -0.25) is 14.4 Å². The summed E-state index contributed by atoms with van der Waals surface area (Å²) in [6, 6.07) is 20.5. The third-order valence-electron chi connectivity index (χ3n) is 6.07. The molecular formula is C27H25N7O3. The number of hydrogen-bond donors (Lipinski definition) is 1. The highest BCUT2D eigenvalue weighted by molar-refractivity contribution is 6.02. The van der Waals surface area contributed by atoms with Gasteiger partial charge in [0.25, 0.3) is 11.5 Å². The van der Waals surface area contributed by atoms with Gasteiger partial charge in [0.2, 0.25) is 11.9 Å². The summed E-state index contributed by atoms with van der Waals surface area (Å²) in [5, 5.41) is 6.99. The van der Waals surface area contributed by atoms with Crippen molar-refractivity contribution in [2.75, 3.05) is 36.4 Å². The van der Waals surface area contributed by atoms with E-state index in [9.17, 15) is 14.4 Å². The van der Waals surface area contributed by atoms with Crippen LogP contribution in [0.15, 0.2) is 90.0 Å². The second-order valence-electron chi connectivity index (χ2n) is 8.55. The first-order valence-electron chi connectivity index (χ1n) is 11.9. The lowest BCUT2D eigenvalue weighted by Gasteiger charge is -2.34. The van der Waals surface area contributed by atoms with Gasteiger partial charge in [0, 0.05) is 50.3 Å². The Balaban J connectivity index is 1.17. The number of para-hydroxylation sites is 1. The van der Waals surface area contributed by atoms with Crippen LogP contribution in [0.3, 0.4) is 0 Å². The molecule has 4 aromatic rings. The molecule has 0 spiro atoms. The summed E-state index contributed by atoms with van der Waals surface area (Å²) in [6.45, 7) is 2.60. The van der Waals surface area contributed by atoms with E-state index in [0.717, 1.165) is 5.56 Å². The topological polar surface area (TPSA) is 113 Å². The van der Waals surface area contributed by atoms with E-state index in [1.165, 1.54) is 16.8 Å². The van der Waals surface area contributed by atoms with Gasteiger partial charge >= 0.3 is 0 Å². The monoisotopic (exact) mass is 495 g/mol. The lowest BCUT2D eigenvalue weighted by molar-refractivity contribution is -0.130. The highest BCUT2D eigenvalue weighted by atomic mass is 16.2. The molecule has 0 bridgehead atoms. The Kier molecular flexibility index (Phi) is 6.98. The molecule has 0 saturated carbocycles. The quantitative estimate of drug-likeness (QED) is 0.436. The van der Waals surface area contributed by atoms with Crippen LogP contribution in [-0.2, 0) is 11.2 Å². The van der Waals surface area contributed by atoms with Crippen molar-refractivity contribution >= 4 is 23.5 Å². The fraction of sp³-hybridized carbons (Fsp3) is 0.185. The molecular weight excluding hydrogens is 470 g/mol. The molecule has 1 saturated heterocycles. The molecule has 2 aromatic heterocycles. The fourth-order valence-corrected chi connectivity index (χ4v) is 4.08. The molecule has 186 valence electrons. The number of carbonyl (C=O) groups is 2. The van der Waals surface area contributed by atoms with Crippen molar-refractivity contribution in [2.45, 2.75) is 6.42 Å². The largest absolute Gasteiger partial charge is 0.339 e. The number of carbonyl (C=O) groups excluding carboxylic acids is 2. The summed E-state index contributed by atoms with van der Waals surface area (Å²) in [6.07, 6.45) is 3.71. The highest BCUT2D eigenvalue weighted by Crippen LogP contribution is 2.14. The summed E-state index contributed by atoms with van der Waals surface area (Å²) in [4.78, 5) is 50.2. The van der Waals surface area contributed by atoms with Crippen LogP contribution in [0.5, 0.6) is 0 Å². The van der Waals surface area contributed by atoms with Crippen molar-refractivity contribution < 1.29 is 9.59 Å². The smallest absolute Gasteiger partial charge is 0.276 e. The van der Waals surface area contributed by atoms with Gasteiger partial charge in [-0.05, 0) is 42.0 Å². The molecule has 10 heteroatoms. The Morgan fingerprint density at radius 2 is 1.51 bits per heavy atom. The van der Waals surface area contributed by atoms with Crippen LogP contribution in [0.25, 0.3) is 5.69 Å². The Hall–Kier alpha value is -4.86. The van der Waals surface area contributed by atoms with Crippen molar-refractivity contribution in [3.63, 3.8) is 0 Å². The van der Waals surface area contributed by atoms with E-state index in [-0.39, 0.29) is 23.6 Å². The van der Waals surface area contributed by atoms with E-state index in [0.29, 0.717) is 43.5 Å². The van der Waals surface area contributed by atoms with Crippen molar-refractivity contribution in [3.05, 3.63) is 107 Å². The molecule has 1 aliphatic heterocycles. The van der Waals surface area contributed by atoms with Gasteiger partial charge in [0.1, 0.15) is 5.69 Å². The van der Waals surface area contributed by atoms with E-state index in [4.69, 9.17) is 0 Å². The van der Waals surface area contributed by atoms with Crippen molar-refractivity contribution in [3.8, 4) is 5.69 Å². The van der Waals surface area contributed by atoms with Crippen LogP contribution >= 0.6 is 0 Å². The molecule has 1 N–H and O–H groups in total. The zero-order valence-electron chi connectivity index (χ0n) is 20.0. The number of rotatable bonds is 6. The zero-order valence-corrected chi connectivity index (χ0v) is 20.0. The minimum Gasteiger partial charge on any atom is -0.339 e. The molecule has 3 heterocycles. The molecule has 1 fully saturated rings. The van der Waals surface area contributed by atoms with Crippen molar-refractivity contribution in [1.82, 2.24) is 24.6 Å². The minimum atomic E-state index is -0.436. The second-order valence-corrected chi connectivity index (χ2v) is 8.55. The third kappa shape index (κ3) is 5.69. The number of aromatic nitrogens is 4. The number of hydrogen-bond acceptors (Lipinski definition) is 7. The Morgan fingerprint density at radius 1 is 0.811 bits per heavy atom. The molecule has 1 aliphatic rings. The third-order valence-corrected chi connectivity index (χ3v) is 6.07. The molecule has 2 aromatic carbocycles. The van der Waals surface area contributed by atoms with Gasteiger partial charge in [-0.2, -0.15) is 9.78 Å². The summed E-state index contributed by atoms with van der Waals surface area (Å²) < 4.78 is 1.19. The zero-order chi connectivity index (χ0) is 25.6. The van der Waals surface area contributed by atoms with Crippen molar-refractivity contribution in [1.29, 1.82) is 0 Å². The first-order valence-corrected chi connectivity index (χ1v) is 11.9. The number of anilines is 2. The van der Waals surface area contributed by atoms with E-state index in [2.05, 4.69) is 25.3 Å². The lowest BCUT2D eigenvalue weighted by Crippen LogP contribution is -2.49. The van der Waals surface area contributed by atoms with Gasteiger partial charge in [-0.1, -0.05) is 30.3 Å². The minimum absolute atomic E-state index is 0.0535. The molecule has 0 unspecified atom stereocenters. The molecule has 5 rings (SSSR count). The first-order chi connectivity index (χ1) is 18.1. The van der Waals surface area contributed by atoms with E-state index in [1.54, 1.807) is 54.9 Å². The number of nitrogens with one attached hydrogen (secondary N) is 1. The SMILES string of the molecule is O=C(Nc1ccc(CC(=O)N2CCN(c3ncccn3)CC2)cc1)c1ccc(=O)n(-c2ccccc2)n1. The predicted octanol–water partition coefficient (Wildman–Crippen LogP) is 2.17. The lowest BCUT2D eigenvalue weighted by atomic mass is 10.1.